The lowest BCUT2D eigenvalue weighted by Crippen LogP contribution is -2.35. The van der Waals surface area contributed by atoms with Gasteiger partial charge in [-0.3, -0.25) is 0 Å². The predicted molar refractivity (Wildman–Crippen MR) is 75.3 cm³/mol. The van der Waals surface area contributed by atoms with E-state index in [1.165, 1.54) is 40.7 Å². The highest BCUT2D eigenvalue weighted by atomic mass is 79.9. The molecule has 16 heavy (non-hydrogen) atoms. The average molecular weight is 300 g/mol. The van der Waals surface area contributed by atoms with Crippen molar-refractivity contribution in [2.75, 3.05) is 12.8 Å². The molecule has 1 nitrogen and oxygen atoms in total. The minimum atomic E-state index is 0.681. The van der Waals surface area contributed by atoms with Gasteiger partial charge in [-0.05, 0) is 65.7 Å². The van der Waals surface area contributed by atoms with Crippen molar-refractivity contribution in [2.24, 2.45) is 0 Å². The van der Waals surface area contributed by atoms with Gasteiger partial charge in [0.25, 0.3) is 0 Å². The number of nitrogens with one attached hydrogen (secondary N) is 1. The van der Waals surface area contributed by atoms with Gasteiger partial charge in [-0.15, -0.1) is 11.8 Å². The molecule has 0 amide bonds. The van der Waals surface area contributed by atoms with Crippen LogP contribution in [0.4, 0.5) is 0 Å². The van der Waals surface area contributed by atoms with Gasteiger partial charge in [0.15, 0.2) is 0 Å². The number of hydrogen-bond donors (Lipinski definition) is 1. The predicted octanol–water partition coefficient (Wildman–Crippen LogP) is 3.86. The smallest absolute Gasteiger partial charge is 0.0313 e. The zero-order valence-corrected chi connectivity index (χ0v) is 12.0. The lowest BCUT2D eigenvalue weighted by atomic mass is 9.98. The molecule has 1 fully saturated rings. The monoisotopic (exact) mass is 299 g/mol. The van der Waals surface area contributed by atoms with Gasteiger partial charge in [-0.2, -0.15) is 0 Å². The van der Waals surface area contributed by atoms with Gasteiger partial charge >= 0.3 is 0 Å². The SMILES string of the molecule is CSc1ccc(CC2CCCCN2)cc1Br. The number of piperidine rings is 1. The summed E-state index contributed by atoms with van der Waals surface area (Å²) in [5.41, 5.74) is 1.43. The molecule has 0 saturated carbocycles. The van der Waals surface area contributed by atoms with Gasteiger partial charge < -0.3 is 5.32 Å². The van der Waals surface area contributed by atoms with E-state index in [1.54, 1.807) is 11.8 Å². The highest BCUT2D eigenvalue weighted by molar-refractivity contribution is 9.10. The van der Waals surface area contributed by atoms with Crippen LogP contribution in [0.1, 0.15) is 24.8 Å². The summed E-state index contributed by atoms with van der Waals surface area (Å²) < 4.78 is 1.23. The van der Waals surface area contributed by atoms with Crippen molar-refractivity contribution in [3.8, 4) is 0 Å². The normalized spacial score (nSPS) is 21.0. The maximum atomic E-state index is 3.63. The molecular weight excluding hydrogens is 282 g/mol. The number of benzene rings is 1. The van der Waals surface area contributed by atoms with Crippen LogP contribution < -0.4 is 5.32 Å². The summed E-state index contributed by atoms with van der Waals surface area (Å²) in [5, 5.41) is 3.60. The maximum Gasteiger partial charge on any atom is 0.0313 e. The number of halogens is 1. The van der Waals surface area contributed by atoms with E-state index in [1.807, 2.05) is 0 Å². The van der Waals surface area contributed by atoms with E-state index in [9.17, 15) is 0 Å². The first-order valence-electron chi connectivity index (χ1n) is 5.85. The van der Waals surface area contributed by atoms with Gasteiger partial charge in [0.05, 0.1) is 0 Å². The Hall–Kier alpha value is 0.01000. The first kappa shape index (κ1) is 12.5. The molecule has 1 aliphatic rings. The molecule has 1 heterocycles. The summed E-state index contributed by atoms with van der Waals surface area (Å²) in [4.78, 5) is 1.32. The topological polar surface area (TPSA) is 12.0 Å². The Labute approximate surface area is 111 Å². The second-order valence-corrected chi connectivity index (χ2v) is 6.02. The third kappa shape index (κ3) is 3.25. The second-order valence-electron chi connectivity index (χ2n) is 4.32. The van der Waals surface area contributed by atoms with Crippen LogP contribution in [0, 0.1) is 0 Å². The minimum absolute atomic E-state index is 0.681. The molecule has 0 bridgehead atoms. The molecule has 1 aromatic rings. The maximum absolute atomic E-state index is 3.63. The second kappa shape index (κ2) is 6.08. The minimum Gasteiger partial charge on any atom is -0.314 e. The van der Waals surface area contributed by atoms with Crippen molar-refractivity contribution >= 4 is 27.7 Å². The molecule has 3 heteroatoms. The molecule has 1 atom stereocenters. The standard InChI is InChI=1S/C13H18BrNS/c1-16-13-6-5-10(9-12(13)14)8-11-4-2-3-7-15-11/h5-6,9,11,15H,2-4,7-8H2,1H3. The summed E-state index contributed by atoms with van der Waals surface area (Å²) in [6, 6.07) is 7.42. The fourth-order valence-electron chi connectivity index (χ4n) is 2.22. The number of rotatable bonds is 3. The van der Waals surface area contributed by atoms with Gasteiger partial charge in [0.1, 0.15) is 0 Å². The van der Waals surface area contributed by atoms with Crippen LogP contribution >= 0.6 is 27.7 Å². The van der Waals surface area contributed by atoms with Crippen molar-refractivity contribution in [1.82, 2.24) is 5.32 Å². The molecule has 0 spiro atoms. The molecule has 1 N–H and O–H groups in total. The third-order valence-electron chi connectivity index (χ3n) is 3.11. The van der Waals surface area contributed by atoms with Gasteiger partial charge in [-0.1, -0.05) is 12.5 Å². The van der Waals surface area contributed by atoms with Crippen molar-refractivity contribution < 1.29 is 0 Å². The summed E-state index contributed by atoms with van der Waals surface area (Å²) >= 11 is 5.42. The largest absolute Gasteiger partial charge is 0.314 e. The number of thioether (sulfide) groups is 1. The van der Waals surface area contributed by atoms with E-state index >= 15 is 0 Å². The van der Waals surface area contributed by atoms with E-state index in [0.717, 1.165) is 6.42 Å². The van der Waals surface area contributed by atoms with E-state index < -0.39 is 0 Å². The van der Waals surface area contributed by atoms with Crippen LogP contribution in [0.3, 0.4) is 0 Å². The van der Waals surface area contributed by atoms with Crippen LogP contribution in [0.2, 0.25) is 0 Å². The Balaban J connectivity index is 2.01. The molecule has 0 aromatic heterocycles. The Morgan fingerprint density at radius 2 is 2.31 bits per heavy atom. The lowest BCUT2D eigenvalue weighted by molar-refractivity contribution is 0.399. The molecular formula is C13H18BrNS. The molecule has 88 valence electrons. The first-order chi connectivity index (χ1) is 7.79. The Morgan fingerprint density at radius 1 is 1.44 bits per heavy atom. The van der Waals surface area contributed by atoms with E-state index in [4.69, 9.17) is 0 Å². The van der Waals surface area contributed by atoms with Crippen molar-refractivity contribution in [3.05, 3.63) is 28.2 Å². The van der Waals surface area contributed by atoms with E-state index in [-0.39, 0.29) is 0 Å². The number of hydrogen-bond acceptors (Lipinski definition) is 2. The molecule has 1 aromatic carbocycles. The molecule has 1 aliphatic heterocycles. The Morgan fingerprint density at radius 3 is 2.94 bits per heavy atom. The van der Waals surface area contributed by atoms with Crippen molar-refractivity contribution in [1.29, 1.82) is 0 Å². The molecule has 1 saturated heterocycles. The fourth-order valence-corrected chi connectivity index (χ4v) is 3.59. The molecule has 0 radical (unpaired) electrons. The van der Waals surface area contributed by atoms with Gasteiger partial charge in [0, 0.05) is 15.4 Å². The van der Waals surface area contributed by atoms with Crippen LogP contribution in [0.15, 0.2) is 27.6 Å². The molecule has 0 aliphatic carbocycles. The zero-order chi connectivity index (χ0) is 11.4. The summed E-state index contributed by atoms with van der Waals surface area (Å²) in [6.07, 6.45) is 7.31. The van der Waals surface area contributed by atoms with Crippen LogP contribution in [-0.2, 0) is 6.42 Å². The fraction of sp³-hybridized carbons (Fsp3) is 0.538. The first-order valence-corrected chi connectivity index (χ1v) is 7.87. The van der Waals surface area contributed by atoms with Gasteiger partial charge in [0.2, 0.25) is 0 Å². The molecule has 1 unspecified atom stereocenters. The quantitative estimate of drug-likeness (QED) is 0.851. The van der Waals surface area contributed by atoms with E-state index in [2.05, 4.69) is 45.7 Å². The highest BCUT2D eigenvalue weighted by Crippen LogP contribution is 2.27. The summed E-state index contributed by atoms with van der Waals surface area (Å²) in [7, 11) is 0. The summed E-state index contributed by atoms with van der Waals surface area (Å²) in [5.74, 6) is 0. The highest BCUT2D eigenvalue weighted by Gasteiger charge is 2.13. The summed E-state index contributed by atoms with van der Waals surface area (Å²) in [6.45, 7) is 1.19. The molecule has 2 rings (SSSR count). The van der Waals surface area contributed by atoms with Crippen LogP contribution in [0.5, 0.6) is 0 Å². The van der Waals surface area contributed by atoms with Crippen molar-refractivity contribution in [2.45, 2.75) is 36.6 Å². The van der Waals surface area contributed by atoms with Crippen molar-refractivity contribution in [3.63, 3.8) is 0 Å². The Kier molecular flexibility index (Phi) is 4.74. The van der Waals surface area contributed by atoms with Gasteiger partial charge in [-0.25, -0.2) is 0 Å². The Bertz CT molecular complexity index is 348. The zero-order valence-electron chi connectivity index (χ0n) is 9.63. The van der Waals surface area contributed by atoms with Crippen LogP contribution in [-0.4, -0.2) is 18.8 Å². The average Bonchev–Trinajstić information content (AvgIpc) is 2.31. The van der Waals surface area contributed by atoms with E-state index in [0.29, 0.717) is 6.04 Å². The van der Waals surface area contributed by atoms with Crippen LogP contribution in [0.25, 0.3) is 0 Å². The lowest BCUT2D eigenvalue weighted by Gasteiger charge is -2.23. The third-order valence-corrected chi connectivity index (χ3v) is 4.83.